The minimum absolute atomic E-state index is 0.247. The Hall–Kier alpha value is -2.16. The Morgan fingerprint density at radius 1 is 1.27 bits per heavy atom. The molecule has 0 bridgehead atoms. The van der Waals surface area contributed by atoms with Gasteiger partial charge >= 0.3 is 0 Å². The smallest absolute Gasteiger partial charge is 0.126 e. The number of ether oxygens (including phenoxy) is 1. The third-order valence-electron chi connectivity index (χ3n) is 5.57. The van der Waals surface area contributed by atoms with Crippen LogP contribution in [-0.4, -0.2) is 34.2 Å². The molecule has 5 nitrogen and oxygen atoms in total. The predicted molar refractivity (Wildman–Crippen MR) is 99.5 cm³/mol. The van der Waals surface area contributed by atoms with Crippen LogP contribution < -0.4 is 0 Å². The van der Waals surface area contributed by atoms with Gasteiger partial charge in [-0.2, -0.15) is 5.26 Å². The highest BCUT2D eigenvalue weighted by atomic mass is 16.5. The Labute approximate surface area is 155 Å². The van der Waals surface area contributed by atoms with Gasteiger partial charge in [0, 0.05) is 44.6 Å². The van der Waals surface area contributed by atoms with E-state index in [9.17, 15) is 5.26 Å². The first kappa shape index (κ1) is 17.3. The number of rotatable bonds is 7. The summed E-state index contributed by atoms with van der Waals surface area (Å²) in [6.45, 7) is 6.63. The van der Waals surface area contributed by atoms with Crippen LogP contribution in [0, 0.1) is 17.2 Å². The molecule has 26 heavy (non-hydrogen) atoms. The third-order valence-corrected chi connectivity index (χ3v) is 5.57. The molecule has 2 heterocycles. The minimum atomic E-state index is 0.247. The van der Waals surface area contributed by atoms with Crippen molar-refractivity contribution in [2.45, 2.75) is 45.3 Å². The summed E-state index contributed by atoms with van der Waals surface area (Å²) in [5, 5.41) is 9.32. The molecule has 1 saturated carbocycles. The molecule has 0 amide bonds. The molecular weight excluding hydrogens is 324 g/mol. The van der Waals surface area contributed by atoms with Crippen molar-refractivity contribution in [3.63, 3.8) is 0 Å². The summed E-state index contributed by atoms with van der Waals surface area (Å²) < 4.78 is 8.15. The monoisotopic (exact) mass is 350 g/mol. The summed E-state index contributed by atoms with van der Waals surface area (Å²) in [5.41, 5.74) is 3.14. The second kappa shape index (κ2) is 7.61. The van der Waals surface area contributed by atoms with E-state index in [0.717, 1.165) is 62.1 Å². The van der Waals surface area contributed by atoms with Crippen LogP contribution in [-0.2, 0) is 24.2 Å². The number of nitriles is 1. The van der Waals surface area contributed by atoms with E-state index in [2.05, 4.69) is 28.5 Å². The average Bonchev–Trinajstić information content (AvgIpc) is 3.40. The van der Waals surface area contributed by atoms with Crippen LogP contribution in [0.5, 0.6) is 0 Å². The van der Waals surface area contributed by atoms with Crippen molar-refractivity contribution in [2.75, 3.05) is 19.8 Å². The van der Waals surface area contributed by atoms with Crippen molar-refractivity contribution in [3.05, 3.63) is 53.1 Å². The zero-order valence-corrected chi connectivity index (χ0v) is 15.4. The fourth-order valence-electron chi connectivity index (χ4n) is 3.72. The first-order chi connectivity index (χ1) is 12.8. The Morgan fingerprint density at radius 3 is 2.92 bits per heavy atom. The van der Waals surface area contributed by atoms with Crippen molar-refractivity contribution in [2.24, 2.45) is 5.92 Å². The zero-order valence-electron chi connectivity index (χ0n) is 15.4. The summed E-state index contributed by atoms with van der Waals surface area (Å²) >= 11 is 0. The Balaban J connectivity index is 1.40. The maximum atomic E-state index is 9.32. The molecule has 2 aliphatic rings. The van der Waals surface area contributed by atoms with Crippen LogP contribution in [0.2, 0.25) is 0 Å². The van der Waals surface area contributed by atoms with Gasteiger partial charge in [0.05, 0.1) is 24.3 Å². The average molecular weight is 350 g/mol. The van der Waals surface area contributed by atoms with Crippen LogP contribution in [0.25, 0.3) is 0 Å². The first-order valence-corrected chi connectivity index (χ1v) is 9.60. The molecule has 0 unspecified atom stereocenters. The second-order valence-electron chi connectivity index (χ2n) is 7.44. The molecule has 0 saturated heterocycles. The molecule has 136 valence electrons. The number of aromatic nitrogens is 2. The van der Waals surface area contributed by atoms with E-state index in [1.807, 2.05) is 24.4 Å². The number of fused-ring (bicyclic) bond motifs is 1. The molecule has 1 atom stereocenters. The van der Waals surface area contributed by atoms with Gasteiger partial charge in [0.15, 0.2) is 0 Å². The number of nitrogens with zero attached hydrogens (tertiary/aromatic N) is 4. The second-order valence-corrected chi connectivity index (χ2v) is 7.44. The van der Waals surface area contributed by atoms with Crippen molar-refractivity contribution in [3.8, 4) is 6.07 Å². The lowest BCUT2D eigenvalue weighted by Gasteiger charge is -2.34. The summed E-state index contributed by atoms with van der Waals surface area (Å²) in [7, 11) is 0. The molecule has 0 spiro atoms. The topological polar surface area (TPSA) is 54.1 Å². The minimum Gasteiger partial charge on any atom is -0.381 e. The number of imidazole rings is 1. The molecule has 1 aromatic heterocycles. The van der Waals surface area contributed by atoms with Crippen molar-refractivity contribution < 1.29 is 4.74 Å². The van der Waals surface area contributed by atoms with E-state index >= 15 is 0 Å². The largest absolute Gasteiger partial charge is 0.381 e. The highest BCUT2D eigenvalue weighted by molar-refractivity contribution is 5.37. The summed E-state index contributed by atoms with van der Waals surface area (Å²) in [6.07, 6.45) is 5.62. The highest BCUT2D eigenvalue weighted by Gasteiger charge is 2.27. The SMILES string of the molecule is C[C@H]1c2ncc(CCOCC3CC3)n2CCN1Cc1ccccc1C#N. The Kier molecular flexibility index (Phi) is 5.05. The molecule has 0 N–H and O–H groups in total. The summed E-state index contributed by atoms with van der Waals surface area (Å²) in [5.74, 6) is 1.95. The summed E-state index contributed by atoms with van der Waals surface area (Å²) in [4.78, 5) is 7.11. The molecule has 1 aliphatic carbocycles. The van der Waals surface area contributed by atoms with Crippen molar-refractivity contribution in [1.29, 1.82) is 5.26 Å². The van der Waals surface area contributed by atoms with Gasteiger partial charge in [0.25, 0.3) is 0 Å². The third kappa shape index (κ3) is 3.67. The molecule has 5 heteroatoms. The molecule has 4 rings (SSSR count). The van der Waals surface area contributed by atoms with E-state index in [1.165, 1.54) is 18.5 Å². The normalized spacial score (nSPS) is 19.9. The quantitative estimate of drug-likeness (QED) is 0.719. The lowest BCUT2D eigenvalue weighted by Crippen LogP contribution is -2.37. The van der Waals surface area contributed by atoms with E-state index in [0.29, 0.717) is 0 Å². The van der Waals surface area contributed by atoms with Gasteiger partial charge < -0.3 is 9.30 Å². The van der Waals surface area contributed by atoms with Crippen LogP contribution in [0.4, 0.5) is 0 Å². The van der Waals surface area contributed by atoms with Crippen molar-refractivity contribution >= 4 is 0 Å². The fraction of sp³-hybridized carbons (Fsp3) is 0.524. The number of hydrogen-bond acceptors (Lipinski definition) is 4. The lowest BCUT2D eigenvalue weighted by molar-refractivity contribution is 0.124. The zero-order chi connectivity index (χ0) is 17.9. The van der Waals surface area contributed by atoms with Crippen molar-refractivity contribution in [1.82, 2.24) is 14.5 Å². The van der Waals surface area contributed by atoms with Gasteiger partial charge in [-0.1, -0.05) is 18.2 Å². The molecule has 2 aromatic rings. The van der Waals surface area contributed by atoms with Crippen LogP contribution in [0.3, 0.4) is 0 Å². The summed E-state index contributed by atoms with van der Waals surface area (Å²) in [6, 6.07) is 10.4. The standard InChI is InChI=1S/C21H26N4O/c1-16-21-23-13-20(8-11-26-15-17-6-7-17)25(21)10-9-24(16)14-19-5-3-2-4-18(19)12-22/h2-5,13,16-17H,6-11,14-15H2,1H3/t16-/m0/s1. The molecule has 1 fully saturated rings. The van der Waals surface area contributed by atoms with Gasteiger partial charge in [0.2, 0.25) is 0 Å². The van der Waals surface area contributed by atoms with E-state index in [-0.39, 0.29) is 6.04 Å². The van der Waals surface area contributed by atoms with Crippen LogP contribution in [0.1, 0.15) is 48.5 Å². The maximum Gasteiger partial charge on any atom is 0.126 e. The Morgan fingerprint density at radius 2 is 2.12 bits per heavy atom. The highest BCUT2D eigenvalue weighted by Crippen LogP contribution is 2.29. The number of benzene rings is 1. The lowest BCUT2D eigenvalue weighted by atomic mass is 10.1. The molecular formula is C21H26N4O. The fourth-order valence-corrected chi connectivity index (χ4v) is 3.72. The predicted octanol–water partition coefficient (Wildman–Crippen LogP) is 3.30. The van der Waals surface area contributed by atoms with E-state index in [4.69, 9.17) is 9.72 Å². The van der Waals surface area contributed by atoms with Gasteiger partial charge in [-0.05, 0) is 37.3 Å². The molecule has 1 aromatic carbocycles. The molecule has 0 radical (unpaired) electrons. The van der Waals surface area contributed by atoms with Crippen LogP contribution >= 0.6 is 0 Å². The van der Waals surface area contributed by atoms with Gasteiger partial charge in [-0.3, -0.25) is 4.90 Å². The van der Waals surface area contributed by atoms with Gasteiger partial charge in [0.1, 0.15) is 5.82 Å². The van der Waals surface area contributed by atoms with Crippen LogP contribution in [0.15, 0.2) is 30.5 Å². The van der Waals surface area contributed by atoms with E-state index < -0.39 is 0 Å². The van der Waals surface area contributed by atoms with Gasteiger partial charge in [-0.15, -0.1) is 0 Å². The first-order valence-electron chi connectivity index (χ1n) is 9.60. The van der Waals surface area contributed by atoms with Gasteiger partial charge in [-0.25, -0.2) is 4.98 Å². The maximum absolute atomic E-state index is 9.32. The Bertz CT molecular complexity index is 803. The molecule has 1 aliphatic heterocycles. The number of hydrogen-bond donors (Lipinski definition) is 0. The van der Waals surface area contributed by atoms with E-state index in [1.54, 1.807) is 0 Å².